The summed E-state index contributed by atoms with van der Waals surface area (Å²) < 4.78 is 1.71. The van der Waals surface area contributed by atoms with Crippen LogP contribution in [0.25, 0.3) is 5.52 Å². The zero-order valence-electron chi connectivity index (χ0n) is 10.8. The van der Waals surface area contributed by atoms with E-state index in [2.05, 4.69) is 15.2 Å². The molecule has 2 aromatic rings. The van der Waals surface area contributed by atoms with Crippen molar-refractivity contribution in [3.63, 3.8) is 0 Å². The van der Waals surface area contributed by atoms with Crippen molar-refractivity contribution in [2.45, 2.75) is 12.8 Å². The van der Waals surface area contributed by atoms with Gasteiger partial charge in [0.1, 0.15) is 11.4 Å². The molecule has 19 heavy (non-hydrogen) atoms. The lowest BCUT2D eigenvalue weighted by atomic mass is 10.3. The Morgan fingerprint density at radius 1 is 1.42 bits per heavy atom. The monoisotopic (exact) mass is 260 g/mol. The summed E-state index contributed by atoms with van der Waals surface area (Å²) in [7, 11) is 1.57. The zero-order chi connectivity index (χ0) is 13.4. The number of anilines is 1. The first kappa shape index (κ1) is 11.8. The van der Waals surface area contributed by atoms with Gasteiger partial charge in [-0.1, -0.05) is 0 Å². The van der Waals surface area contributed by atoms with E-state index < -0.39 is 0 Å². The van der Waals surface area contributed by atoms with Gasteiger partial charge in [-0.15, -0.1) is 0 Å². The van der Waals surface area contributed by atoms with Crippen LogP contribution in [0.5, 0.6) is 5.75 Å². The lowest BCUT2D eigenvalue weighted by molar-refractivity contribution is 0.0952. The molecular formula is C13H16N4O2. The van der Waals surface area contributed by atoms with E-state index in [9.17, 15) is 9.90 Å². The van der Waals surface area contributed by atoms with Crippen LogP contribution >= 0.6 is 0 Å². The number of hydrogen-bond acceptors (Lipinski definition) is 4. The highest BCUT2D eigenvalue weighted by atomic mass is 16.3. The van der Waals surface area contributed by atoms with Crippen LogP contribution in [0.3, 0.4) is 0 Å². The van der Waals surface area contributed by atoms with Crippen molar-refractivity contribution in [2.75, 3.05) is 25.0 Å². The molecule has 1 saturated heterocycles. The Labute approximate surface area is 110 Å². The zero-order valence-corrected chi connectivity index (χ0v) is 10.8. The third-order valence-corrected chi connectivity index (χ3v) is 3.52. The summed E-state index contributed by atoms with van der Waals surface area (Å²) in [5, 5.41) is 12.7. The third-order valence-electron chi connectivity index (χ3n) is 3.52. The van der Waals surface area contributed by atoms with Gasteiger partial charge >= 0.3 is 0 Å². The number of hydrogen-bond donors (Lipinski definition) is 2. The van der Waals surface area contributed by atoms with Crippen molar-refractivity contribution >= 4 is 17.1 Å². The minimum atomic E-state index is -0.238. The normalized spacial score (nSPS) is 15.1. The number of amides is 1. The van der Waals surface area contributed by atoms with Crippen LogP contribution in [0.2, 0.25) is 0 Å². The predicted octanol–water partition coefficient (Wildman–Crippen LogP) is 1.000. The number of carbonyl (C=O) groups is 1. The van der Waals surface area contributed by atoms with Crippen molar-refractivity contribution in [3.05, 3.63) is 24.3 Å². The summed E-state index contributed by atoms with van der Waals surface area (Å²) in [4.78, 5) is 18.0. The Morgan fingerprint density at radius 3 is 2.84 bits per heavy atom. The summed E-state index contributed by atoms with van der Waals surface area (Å²) in [6.07, 6.45) is 5.55. The van der Waals surface area contributed by atoms with Crippen LogP contribution in [0.1, 0.15) is 23.5 Å². The number of fused-ring (bicyclic) bond motifs is 1. The van der Waals surface area contributed by atoms with Crippen LogP contribution in [0, 0.1) is 0 Å². The average molecular weight is 260 g/mol. The Morgan fingerprint density at radius 2 is 2.16 bits per heavy atom. The van der Waals surface area contributed by atoms with Crippen molar-refractivity contribution in [1.29, 1.82) is 0 Å². The number of rotatable bonds is 2. The van der Waals surface area contributed by atoms with Crippen molar-refractivity contribution in [2.24, 2.45) is 0 Å². The molecule has 0 unspecified atom stereocenters. The standard InChI is InChI=1S/C13H16N4O2/c1-14-13(19)12-15-8-9-11(16-5-2-3-6-16)10(18)4-7-17(9)12/h4,7-8,18H,2-3,5-6H2,1H3,(H,14,19). The molecule has 2 N–H and O–H groups in total. The summed E-state index contributed by atoms with van der Waals surface area (Å²) in [5.41, 5.74) is 1.53. The average Bonchev–Trinajstić information content (AvgIpc) is 3.06. The molecule has 0 atom stereocenters. The Bertz CT molecular complexity index is 629. The minimum Gasteiger partial charge on any atom is -0.506 e. The molecule has 3 rings (SSSR count). The summed E-state index contributed by atoms with van der Waals surface area (Å²) in [6.45, 7) is 1.85. The lowest BCUT2D eigenvalue weighted by Gasteiger charge is -2.20. The molecule has 0 saturated carbocycles. The SMILES string of the molecule is CNC(=O)c1ncc2c(N3CCCC3)c(O)ccn12. The quantitative estimate of drug-likeness (QED) is 0.845. The summed E-state index contributed by atoms with van der Waals surface area (Å²) in [6, 6.07) is 1.61. The highest BCUT2D eigenvalue weighted by Gasteiger charge is 2.21. The van der Waals surface area contributed by atoms with E-state index in [4.69, 9.17) is 0 Å². The maximum absolute atomic E-state index is 11.7. The first-order valence-electron chi connectivity index (χ1n) is 6.38. The molecule has 2 aromatic heterocycles. The first-order valence-corrected chi connectivity index (χ1v) is 6.38. The number of pyridine rings is 1. The number of aromatic hydroxyl groups is 1. The Hall–Kier alpha value is -2.24. The smallest absolute Gasteiger partial charge is 0.287 e. The van der Waals surface area contributed by atoms with E-state index in [-0.39, 0.29) is 11.7 Å². The second-order valence-electron chi connectivity index (χ2n) is 4.66. The molecule has 0 spiro atoms. The number of imidazole rings is 1. The number of nitrogens with zero attached hydrogens (tertiary/aromatic N) is 3. The molecule has 3 heterocycles. The van der Waals surface area contributed by atoms with E-state index >= 15 is 0 Å². The largest absolute Gasteiger partial charge is 0.506 e. The van der Waals surface area contributed by atoms with Gasteiger partial charge in [0.15, 0.2) is 0 Å². The van der Waals surface area contributed by atoms with Crippen LogP contribution in [0.4, 0.5) is 5.69 Å². The van der Waals surface area contributed by atoms with Gasteiger partial charge in [0.25, 0.3) is 5.91 Å². The minimum absolute atomic E-state index is 0.234. The highest BCUT2D eigenvalue weighted by Crippen LogP contribution is 2.34. The molecule has 0 aliphatic carbocycles. The van der Waals surface area contributed by atoms with E-state index in [1.54, 1.807) is 29.9 Å². The molecule has 6 nitrogen and oxygen atoms in total. The molecule has 0 bridgehead atoms. The lowest BCUT2D eigenvalue weighted by Crippen LogP contribution is -2.21. The van der Waals surface area contributed by atoms with Gasteiger partial charge < -0.3 is 15.3 Å². The molecule has 1 fully saturated rings. The van der Waals surface area contributed by atoms with Gasteiger partial charge in [0.2, 0.25) is 5.82 Å². The molecular weight excluding hydrogens is 244 g/mol. The van der Waals surface area contributed by atoms with Crippen molar-refractivity contribution in [3.8, 4) is 5.75 Å². The summed E-state index contributed by atoms with van der Waals surface area (Å²) >= 11 is 0. The van der Waals surface area contributed by atoms with E-state index in [0.717, 1.165) is 37.1 Å². The van der Waals surface area contributed by atoms with Gasteiger partial charge in [-0.25, -0.2) is 4.98 Å². The number of aromatic nitrogens is 2. The van der Waals surface area contributed by atoms with Crippen molar-refractivity contribution < 1.29 is 9.90 Å². The summed E-state index contributed by atoms with van der Waals surface area (Å²) in [5.74, 6) is 0.328. The molecule has 1 aliphatic heterocycles. The highest BCUT2D eigenvalue weighted by molar-refractivity contribution is 5.93. The second-order valence-corrected chi connectivity index (χ2v) is 4.66. The van der Waals surface area contributed by atoms with Gasteiger partial charge in [-0.05, 0) is 18.9 Å². The molecule has 0 radical (unpaired) electrons. The fraction of sp³-hybridized carbons (Fsp3) is 0.385. The second kappa shape index (κ2) is 4.46. The Balaban J connectivity index is 2.18. The van der Waals surface area contributed by atoms with E-state index in [1.807, 2.05) is 0 Å². The fourth-order valence-corrected chi connectivity index (χ4v) is 2.59. The molecule has 6 heteroatoms. The predicted molar refractivity (Wildman–Crippen MR) is 71.7 cm³/mol. The van der Waals surface area contributed by atoms with Crippen LogP contribution in [0.15, 0.2) is 18.5 Å². The topological polar surface area (TPSA) is 69.9 Å². The Kier molecular flexibility index (Phi) is 2.77. The van der Waals surface area contributed by atoms with Crippen LogP contribution in [-0.2, 0) is 0 Å². The van der Waals surface area contributed by atoms with Crippen LogP contribution in [-0.4, -0.2) is 40.5 Å². The molecule has 0 aromatic carbocycles. The van der Waals surface area contributed by atoms with Gasteiger partial charge in [-0.3, -0.25) is 9.20 Å². The van der Waals surface area contributed by atoms with E-state index in [0.29, 0.717) is 5.82 Å². The van der Waals surface area contributed by atoms with E-state index in [1.165, 1.54) is 0 Å². The number of nitrogens with one attached hydrogen (secondary N) is 1. The maximum atomic E-state index is 11.7. The first-order chi connectivity index (χ1) is 9.22. The molecule has 1 aliphatic rings. The third kappa shape index (κ3) is 1.80. The van der Waals surface area contributed by atoms with Crippen LogP contribution < -0.4 is 10.2 Å². The van der Waals surface area contributed by atoms with Gasteiger partial charge in [0.05, 0.1) is 11.7 Å². The van der Waals surface area contributed by atoms with Gasteiger partial charge in [-0.2, -0.15) is 0 Å². The maximum Gasteiger partial charge on any atom is 0.287 e. The molecule has 1 amide bonds. The molecule has 100 valence electrons. The fourth-order valence-electron chi connectivity index (χ4n) is 2.59. The number of carbonyl (C=O) groups excluding carboxylic acids is 1. The van der Waals surface area contributed by atoms with Crippen molar-refractivity contribution in [1.82, 2.24) is 14.7 Å². The van der Waals surface area contributed by atoms with Gasteiger partial charge in [0, 0.05) is 26.3 Å².